The van der Waals surface area contributed by atoms with Gasteiger partial charge in [0.25, 0.3) is 0 Å². The maximum atomic E-state index is 11.8. The Balaban J connectivity index is 1.58. The molecule has 2 rings (SSSR count). The molecule has 2 fully saturated rings. The van der Waals surface area contributed by atoms with Crippen LogP contribution in [0, 0.1) is 0 Å². The molecule has 2 N–H and O–H groups in total. The Hall–Kier alpha value is -0.690. The highest BCUT2D eigenvalue weighted by atomic mass is 16.5. The molecule has 0 spiro atoms. The molecule has 0 aliphatic carbocycles. The minimum absolute atomic E-state index is 0.0890. The molecule has 2 saturated heterocycles. The average Bonchev–Trinajstić information content (AvgIpc) is 2.92. The fraction of sp³-hybridized carbons (Fsp3) is 0.923. The van der Waals surface area contributed by atoms with Crippen LogP contribution in [0.5, 0.6) is 0 Å². The fourth-order valence-corrected chi connectivity index (χ4v) is 2.60. The van der Waals surface area contributed by atoms with Crippen molar-refractivity contribution in [2.24, 2.45) is 0 Å². The number of ether oxygens (including phenoxy) is 1. The summed E-state index contributed by atoms with van der Waals surface area (Å²) in [7, 11) is 0. The maximum absolute atomic E-state index is 11.8. The molecular formula is C13H25N3O3. The van der Waals surface area contributed by atoms with Gasteiger partial charge in [-0.25, -0.2) is 0 Å². The van der Waals surface area contributed by atoms with E-state index < -0.39 is 0 Å². The zero-order valence-electron chi connectivity index (χ0n) is 11.5. The smallest absolute Gasteiger partial charge is 0.234 e. The van der Waals surface area contributed by atoms with Gasteiger partial charge in [0.1, 0.15) is 0 Å². The van der Waals surface area contributed by atoms with Crippen molar-refractivity contribution in [3.63, 3.8) is 0 Å². The van der Waals surface area contributed by atoms with E-state index in [1.807, 2.05) is 0 Å². The van der Waals surface area contributed by atoms with Crippen LogP contribution < -0.4 is 5.32 Å². The van der Waals surface area contributed by atoms with Crippen LogP contribution >= 0.6 is 0 Å². The lowest BCUT2D eigenvalue weighted by atomic mass is 10.2. The molecule has 6 heteroatoms. The van der Waals surface area contributed by atoms with E-state index in [1.165, 1.54) is 0 Å². The SMILES string of the molecule is O=C(CN1CCN(CCO)CC1)NCC1CCCO1. The fourth-order valence-electron chi connectivity index (χ4n) is 2.60. The zero-order valence-corrected chi connectivity index (χ0v) is 11.5. The summed E-state index contributed by atoms with van der Waals surface area (Å²) >= 11 is 0. The van der Waals surface area contributed by atoms with Crippen molar-refractivity contribution >= 4 is 5.91 Å². The molecule has 1 atom stereocenters. The lowest BCUT2D eigenvalue weighted by molar-refractivity contribution is -0.123. The summed E-state index contributed by atoms with van der Waals surface area (Å²) in [6, 6.07) is 0. The number of rotatable bonds is 6. The van der Waals surface area contributed by atoms with Crippen molar-refractivity contribution in [1.29, 1.82) is 0 Å². The van der Waals surface area contributed by atoms with Crippen LogP contribution in [-0.2, 0) is 9.53 Å². The van der Waals surface area contributed by atoms with Gasteiger partial charge in [-0.1, -0.05) is 0 Å². The predicted octanol–water partition coefficient (Wildman–Crippen LogP) is -1.11. The standard InChI is InChI=1S/C13H25N3O3/c17-8-7-15-3-5-16(6-4-15)11-13(18)14-10-12-2-1-9-19-12/h12,17H,1-11H2,(H,14,18). The molecule has 2 aliphatic heterocycles. The second-order valence-electron chi connectivity index (χ2n) is 5.28. The number of nitrogens with one attached hydrogen (secondary N) is 1. The van der Waals surface area contributed by atoms with E-state index in [2.05, 4.69) is 15.1 Å². The van der Waals surface area contributed by atoms with Crippen LogP contribution in [0.4, 0.5) is 0 Å². The highest BCUT2D eigenvalue weighted by Gasteiger charge is 2.20. The third-order valence-electron chi connectivity index (χ3n) is 3.80. The summed E-state index contributed by atoms with van der Waals surface area (Å²) in [6.07, 6.45) is 2.37. The first kappa shape index (κ1) is 14.7. The van der Waals surface area contributed by atoms with Crippen molar-refractivity contribution in [1.82, 2.24) is 15.1 Å². The quantitative estimate of drug-likeness (QED) is 0.641. The van der Waals surface area contributed by atoms with Gasteiger partial charge >= 0.3 is 0 Å². The molecular weight excluding hydrogens is 246 g/mol. The van der Waals surface area contributed by atoms with Crippen LogP contribution in [0.15, 0.2) is 0 Å². The van der Waals surface area contributed by atoms with E-state index in [9.17, 15) is 4.79 Å². The van der Waals surface area contributed by atoms with Crippen molar-refractivity contribution in [3.05, 3.63) is 0 Å². The first-order chi connectivity index (χ1) is 9.28. The molecule has 0 bridgehead atoms. The van der Waals surface area contributed by atoms with Gasteiger partial charge in [0.05, 0.1) is 19.3 Å². The number of piperazine rings is 1. The van der Waals surface area contributed by atoms with Gasteiger partial charge < -0.3 is 15.2 Å². The van der Waals surface area contributed by atoms with E-state index in [0.717, 1.165) is 52.2 Å². The summed E-state index contributed by atoms with van der Waals surface area (Å²) in [5.74, 6) is 0.0890. The molecule has 0 aromatic rings. The molecule has 19 heavy (non-hydrogen) atoms. The van der Waals surface area contributed by atoms with Crippen LogP contribution in [0.3, 0.4) is 0 Å². The molecule has 2 heterocycles. The van der Waals surface area contributed by atoms with Crippen LogP contribution in [0.25, 0.3) is 0 Å². The van der Waals surface area contributed by atoms with E-state index in [-0.39, 0.29) is 18.6 Å². The normalized spacial score (nSPS) is 25.6. The molecule has 0 aromatic heterocycles. The zero-order chi connectivity index (χ0) is 13.5. The number of aliphatic hydroxyl groups is 1. The predicted molar refractivity (Wildman–Crippen MR) is 71.9 cm³/mol. The van der Waals surface area contributed by atoms with Crippen molar-refractivity contribution in [2.45, 2.75) is 18.9 Å². The summed E-state index contributed by atoms with van der Waals surface area (Å²) in [4.78, 5) is 16.2. The number of carbonyl (C=O) groups excluding carboxylic acids is 1. The summed E-state index contributed by atoms with van der Waals surface area (Å²) in [5, 5.41) is 11.8. The summed E-state index contributed by atoms with van der Waals surface area (Å²) in [6.45, 7) is 6.54. The number of amides is 1. The largest absolute Gasteiger partial charge is 0.395 e. The highest BCUT2D eigenvalue weighted by molar-refractivity contribution is 5.78. The third kappa shape index (κ3) is 5.06. The van der Waals surface area contributed by atoms with Gasteiger partial charge in [0.15, 0.2) is 0 Å². The molecule has 110 valence electrons. The van der Waals surface area contributed by atoms with Crippen molar-refractivity contribution in [2.75, 3.05) is 59.0 Å². The van der Waals surface area contributed by atoms with Gasteiger partial charge in [0, 0.05) is 45.9 Å². The number of carbonyl (C=O) groups is 1. The van der Waals surface area contributed by atoms with Crippen molar-refractivity contribution in [3.8, 4) is 0 Å². The molecule has 0 saturated carbocycles. The minimum atomic E-state index is 0.0890. The molecule has 6 nitrogen and oxygen atoms in total. The maximum Gasteiger partial charge on any atom is 0.234 e. The topological polar surface area (TPSA) is 65.0 Å². The lowest BCUT2D eigenvalue weighted by Gasteiger charge is -2.33. The van der Waals surface area contributed by atoms with E-state index in [4.69, 9.17) is 9.84 Å². The number of β-amino-alcohol motifs (C(OH)–C–C–N with tert-alkyl or cyclic N) is 1. The summed E-state index contributed by atoms with van der Waals surface area (Å²) in [5.41, 5.74) is 0. The number of hydrogen-bond acceptors (Lipinski definition) is 5. The Kier molecular flexibility index (Phi) is 6.03. The number of aliphatic hydroxyl groups excluding tert-OH is 1. The second-order valence-corrected chi connectivity index (χ2v) is 5.28. The Morgan fingerprint density at radius 3 is 2.63 bits per heavy atom. The molecule has 0 radical (unpaired) electrons. The Labute approximate surface area is 114 Å². The molecule has 1 unspecified atom stereocenters. The van der Waals surface area contributed by atoms with Crippen LogP contribution in [-0.4, -0.2) is 85.9 Å². The van der Waals surface area contributed by atoms with Gasteiger partial charge in [-0.05, 0) is 12.8 Å². The average molecular weight is 271 g/mol. The second kappa shape index (κ2) is 7.79. The van der Waals surface area contributed by atoms with E-state index in [0.29, 0.717) is 13.1 Å². The highest BCUT2D eigenvalue weighted by Crippen LogP contribution is 2.10. The van der Waals surface area contributed by atoms with Gasteiger partial charge in [-0.2, -0.15) is 0 Å². The molecule has 1 amide bonds. The Bertz CT molecular complexity index is 274. The first-order valence-corrected chi connectivity index (χ1v) is 7.22. The van der Waals surface area contributed by atoms with Gasteiger partial charge in [-0.3, -0.25) is 14.6 Å². The minimum Gasteiger partial charge on any atom is -0.395 e. The van der Waals surface area contributed by atoms with E-state index in [1.54, 1.807) is 0 Å². The van der Waals surface area contributed by atoms with Crippen LogP contribution in [0.1, 0.15) is 12.8 Å². The van der Waals surface area contributed by atoms with Crippen LogP contribution in [0.2, 0.25) is 0 Å². The lowest BCUT2D eigenvalue weighted by Crippen LogP contribution is -2.50. The summed E-state index contributed by atoms with van der Waals surface area (Å²) < 4.78 is 5.48. The monoisotopic (exact) mass is 271 g/mol. The molecule has 2 aliphatic rings. The van der Waals surface area contributed by atoms with Crippen molar-refractivity contribution < 1.29 is 14.6 Å². The first-order valence-electron chi connectivity index (χ1n) is 7.22. The van der Waals surface area contributed by atoms with Gasteiger partial charge in [-0.15, -0.1) is 0 Å². The third-order valence-corrected chi connectivity index (χ3v) is 3.80. The molecule has 0 aromatic carbocycles. The number of hydrogen-bond donors (Lipinski definition) is 2. The Morgan fingerprint density at radius 1 is 1.26 bits per heavy atom. The Morgan fingerprint density at radius 2 is 2.00 bits per heavy atom. The van der Waals surface area contributed by atoms with Gasteiger partial charge in [0.2, 0.25) is 5.91 Å². The van der Waals surface area contributed by atoms with E-state index >= 15 is 0 Å². The number of nitrogens with zero attached hydrogens (tertiary/aromatic N) is 2.